The summed E-state index contributed by atoms with van der Waals surface area (Å²) in [5, 5.41) is 3.48. The average molecular weight is 386 g/mol. The van der Waals surface area contributed by atoms with Gasteiger partial charge in [0.2, 0.25) is 5.91 Å². The smallest absolute Gasteiger partial charge is 0.233 e. The number of benzene rings is 1. The highest BCUT2D eigenvalue weighted by molar-refractivity contribution is 9.10. The first kappa shape index (κ1) is 16.3. The van der Waals surface area contributed by atoms with Crippen molar-refractivity contribution >= 4 is 34.2 Å². The van der Waals surface area contributed by atoms with Gasteiger partial charge in [-0.15, -0.1) is 12.4 Å². The minimum absolute atomic E-state index is 0. The zero-order chi connectivity index (χ0) is 14.4. The Morgan fingerprint density at radius 2 is 1.82 bits per heavy atom. The third kappa shape index (κ3) is 2.59. The van der Waals surface area contributed by atoms with Crippen LogP contribution in [0.25, 0.3) is 0 Å². The number of hydrogen-bond donors (Lipinski definition) is 1. The Morgan fingerprint density at radius 3 is 2.50 bits per heavy atom. The first-order chi connectivity index (χ1) is 10.2. The molecule has 2 saturated heterocycles. The van der Waals surface area contributed by atoms with Crippen molar-refractivity contribution in [2.24, 2.45) is 0 Å². The zero-order valence-corrected chi connectivity index (χ0v) is 15.0. The molecule has 2 aliphatic heterocycles. The molecule has 4 rings (SSSR count). The molecule has 1 saturated carbocycles. The maximum Gasteiger partial charge on any atom is 0.233 e. The molecule has 2 atom stereocenters. The lowest BCUT2D eigenvalue weighted by atomic mass is 9.93. The molecule has 2 unspecified atom stereocenters. The van der Waals surface area contributed by atoms with Crippen LogP contribution in [-0.4, -0.2) is 36.0 Å². The van der Waals surface area contributed by atoms with Gasteiger partial charge < -0.3 is 10.2 Å². The van der Waals surface area contributed by atoms with E-state index in [1.54, 1.807) is 0 Å². The van der Waals surface area contributed by atoms with Crippen molar-refractivity contribution in [2.75, 3.05) is 13.1 Å². The number of carbonyl (C=O) groups is 1. The molecule has 2 bridgehead atoms. The van der Waals surface area contributed by atoms with Gasteiger partial charge in [0.15, 0.2) is 0 Å². The Balaban J connectivity index is 0.00000144. The Morgan fingerprint density at radius 1 is 1.14 bits per heavy atom. The number of fused-ring (bicyclic) bond motifs is 2. The summed E-state index contributed by atoms with van der Waals surface area (Å²) in [6, 6.07) is 9.23. The minimum atomic E-state index is -0.216. The SMILES string of the molecule is Cl.O=C(N1C2CCNCC1CC2)C1(c2ccc(Br)cc2)CC1. The lowest BCUT2D eigenvalue weighted by Gasteiger charge is -2.32. The predicted octanol–water partition coefficient (Wildman–Crippen LogP) is 3.26. The fraction of sp³-hybridized carbons (Fsp3) is 0.588. The molecule has 1 amide bonds. The number of nitrogens with one attached hydrogen (secondary N) is 1. The van der Waals surface area contributed by atoms with Crippen molar-refractivity contribution in [2.45, 2.75) is 49.6 Å². The molecule has 0 aromatic heterocycles. The van der Waals surface area contributed by atoms with Gasteiger partial charge in [0.25, 0.3) is 0 Å². The van der Waals surface area contributed by atoms with Gasteiger partial charge >= 0.3 is 0 Å². The van der Waals surface area contributed by atoms with Gasteiger partial charge in [-0.05, 0) is 56.3 Å². The fourth-order valence-electron chi connectivity index (χ4n) is 4.08. The fourth-order valence-corrected chi connectivity index (χ4v) is 4.35. The van der Waals surface area contributed by atoms with Crippen molar-refractivity contribution in [1.29, 1.82) is 0 Å². The molecule has 3 fully saturated rings. The molecule has 0 radical (unpaired) electrons. The molecule has 0 spiro atoms. The lowest BCUT2D eigenvalue weighted by molar-refractivity contribution is -0.136. The Hall–Kier alpha value is -0.580. The van der Waals surface area contributed by atoms with Gasteiger partial charge in [-0.2, -0.15) is 0 Å². The molecular weight excluding hydrogens is 364 g/mol. The lowest BCUT2D eigenvalue weighted by Crippen LogP contribution is -2.47. The normalized spacial score (nSPS) is 28.7. The number of carbonyl (C=O) groups excluding carboxylic acids is 1. The second-order valence-corrected chi connectivity index (χ2v) is 7.59. The molecule has 1 aromatic carbocycles. The summed E-state index contributed by atoms with van der Waals surface area (Å²) in [6.07, 6.45) is 5.49. The number of nitrogens with zero attached hydrogens (tertiary/aromatic N) is 1. The predicted molar refractivity (Wildman–Crippen MR) is 93.4 cm³/mol. The van der Waals surface area contributed by atoms with E-state index in [1.807, 2.05) is 0 Å². The summed E-state index contributed by atoms with van der Waals surface area (Å²) in [5.41, 5.74) is 0.985. The Kier molecular flexibility index (Phi) is 4.54. The third-order valence-corrected chi connectivity index (χ3v) is 5.97. The summed E-state index contributed by atoms with van der Waals surface area (Å²) in [4.78, 5) is 15.5. The molecule has 3 aliphatic rings. The molecule has 2 heterocycles. The largest absolute Gasteiger partial charge is 0.335 e. The second kappa shape index (κ2) is 6.14. The van der Waals surface area contributed by atoms with Crippen LogP contribution in [0.1, 0.15) is 37.7 Å². The maximum absolute atomic E-state index is 13.3. The first-order valence-electron chi connectivity index (χ1n) is 8.00. The van der Waals surface area contributed by atoms with E-state index in [4.69, 9.17) is 0 Å². The van der Waals surface area contributed by atoms with Gasteiger partial charge in [-0.1, -0.05) is 28.1 Å². The molecule has 3 nitrogen and oxygen atoms in total. The monoisotopic (exact) mass is 384 g/mol. The van der Waals surface area contributed by atoms with Crippen molar-refractivity contribution in [3.05, 3.63) is 34.3 Å². The molecule has 120 valence electrons. The first-order valence-corrected chi connectivity index (χ1v) is 8.79. The number of rotatable bonds is 2. The van der Waals surface area contributed by atoms with Crippen LogP contribution in [0.5, 0.6) is 0 Å². The van der Waals surface area contributed by atoms with E-state index < -0.39 is 0 Å². The van der Waals surface area contributed by atoms with Crippen LogP contribution in [0.3, 0.4) is 0 Å². The van der Waals surface area contributed by atoms with Crippen LogP contribution in [0.4, 0.5) is 0 Å². The van der Waals surface area contributed by atoms with E-state index in [0.29, 0.717) is 18.0 Å². The summed E-state index contributed by atoms with van der Waals surface area (Å²) in [7, 11) is 0. The summed E-state index contributed by atoms with van der Waals surface area (Å²) in [6.45, 7) is 2.02. The molecular formula is C17H22BrClN2O. The average Bonchev–Trinajstić information content (AvgIpc) is 3.20. The minimum Gasteiger partial charge on any atom is -0.335 e. The second-order valence-electron chi connectivity index (χ2n) is 6.68. The van der Waals surface area contributed by atoms with E-state index >= 15 is 0 Å². The van der Waals surface area contributed by atoms with Gasteiger partial charge in [0, 0.05) is 23.1 Å². The van der Waals surface area contributed by atoms with Crippen LogP contribution in [0.2, 0.25) is 0 Å². The molecule has 1 aliphatic carbocycles. The highest BCUT2D eigenvalue weighted by Crippen LogP contribution is 2.51. The van der Waals surface area contributed by atoms with E-state index in [1.165, 1.54) is 18.4 Å². The van der Waals surface area contributed by atoms with Crippen LogP contribution in [0.15, 0.2) is 28.7 Å². The molecule has 5 heteroatoms. The van der Waals surface area contributed by atoms with Crippen molar-refractivity contribution in [1.82, 2.24) is 10.2 Å². The van der Waals surface area contributed by atoms with Gasteiger partial charge in [-0.25, -0.2) is 0 Å². The Labute approximate surface area is 146 Å². The zero-order valence-electron chi connectivity index (χ0n) is 12.6. The van der Waals surface area contributed by atoms with Gasteiger partial charge in [0.05, 0.1) is 5.41 Å². The highest BCUT2D eigenvalue weighted by Gasteiger charge is 2.55. The number of halogens is 2. The standard InChI is InChI=1S/C17H21BrN2O.ClH/c18-13-3-1-12(2-4-13)17(8-9-17)16(21)20-14-5-6-15(20)11-19-10-7-14;/h1-4,14-15,19H,5-11H2;1H. The molecule has 22 heavy (non-hydrogen) atoms. The van der Waals surface area contributed by atoms with Crippen LogP contribution in [0, 0.1) is 0 Å². The third-order valence-electron chi connectivity index (χ3n) is 5.44. The Bertz CT molecular complexity index is 544. The van der Waals surface area contributed by atoms with Crippen molar-refractivity contribution in [3.8, 4) is 0 Å². The van der Waals surface area contributed by atoms with E-state index in [-0.39, 0.29) is 17.8 Å². The van der Waals surface area contributed by atoms with Crippen molar-refractivity contribution in [3.63, 3.8) is 0 Å². The van der Waals surface area contributed by atoms with Crippen molar-refractivity contribution < 1.29 is 4.79 Å². The quantitative estimate of drug-likeness (QED) is 0.847. The number of amides is 1. The number of hydrogen-bond acceptors (Lipinski definition) is 2. The topological polar surface area (TPSA) is 32.3 Å². The van der Waals surface area contributed by atoms with Crippen LogP contribution >= 0.6 is 28.3 Å². The summed E-state index contributed by atoms with van der Waals surface area (Å²) >= 11 is 3.48. The van der Waals surface area contributed by atoms with E-state index in [9.17, 15) is 4.79 Å². The van der Waals surface area contributed by atoms with Crippen LogP contribution < -0.4 is 5.32 Å². The van der Waals surface area contributed by atoms with E-state index in [2.05, 4.69) is 50.4 Å². The van der Waals surface area contributed by atoms with Gasteiger partial charge in [-0.3, -0.25) is 4.79 Å². The van der Waals surface area contributed by atoms with Gasteiger partial charge in [0.1, 0.15) is 0 Å². The van der Waals surface area contributed by atoms with Crippen LogP contribution in [-0.2, 0) is 10.2 Å². The van der Waals surface area contributed by atoms with E-state index in [0.717, 1.165) is 36.8 Å². The molecule has 1 N–H and O–H groups in total. The molecule has 1 aromatic rings. The summed E-state index contributed by atoms with van der Waals surface area (Å²) < 4.78 is 1.08. The maximum atomic E-state index is 13.3. The highest BCUT2D eigenvalue weighted by atomic mass is 79.9. The summed E-state index contributed by atoms with van der Waals surface area (Å²) in [5.74, 6) is 0.390.